The molecule has 1 aliphatic heterocycles. The quantitative estimate of drug-likeness (QED) is 0.704. The summed E-state index contributed by atoms with van der Waals surface area (Å²) < 4.78 is 6.93. The summed E-state index contributed by atoms with van der Waals surface area (Å²) in [4.78, 5) is 0. The van der Waals surface area contributed by atoms with E-state index < -0.39 is 0 Å². The zero-order valence-corrected chi connectivity index (χ0v) is 14.0. The number of ether oxygens (including phenoxy) is 1. The molecule has 0 aliphatic carbocycles. The van der Waals surface area contributed by atoms with E-state index in [1.54, 1.807) is 0 Å². The summed E-state index contributed by atoms with van der Waals surface area (Å²) in [6.45, 7) is 5.34. The third kappa shape index (κ3) is 5.19. The van der Waals surface area contributed by atoms with Crippen LogP contribution in [0.1, 0.15) is 50.5 Å². The van der Waals surface area contributed by atoms with Gasteiger partial charge < -0.3 is 10.1 Å². The highest BCUT2D eigenvalue weighted by Crippen LogP contribution is 2.27. The second kappa shape index (κ2) is 8.81. The van der Waals surface area contributed by atoms with Crippen LogP contribution in [0.2, 0.25) is 0 Å². The highest BCUT2D eigenvalue weighted by Gasteiger charge is 2.19. The van der Waals surface area contributed by atoms with E-state index in [4.69, 9.17) is 4.74 Å². The van der Waals surface area contributed by atoms with Crippen LogP contribution in [-0.2, 0) is 4.74 Å². The number of nitrogens with one attached hydrogen (secondary N) is 1. The van der Waals surface area contributed by atoms with E-state index in [9.17, 15) is 0 Å². The van der Waals surface area contributed by atoms with Crippen molar-refractivity contribution in [2.24, 2.45) is 0 Å². The maximum atomic E-state index is 5.76. The first kappa shape index (κ1) is 16.0. The van der Waals surface area contributed by atoms with Gasteiger partial charge in [-0.05, 0) is 62.3 Å². The Kier molecular flexibility index (Phi) is 7.05. The van der Waals surface area contributed by atoms with Gasteiger partial charge in [-0.2, -0.15) is 0 Å². The van der Waals surface area contributed by atoms with E-state index in [-0.39, 0.29) is 0 Å². The lowest BCUT2D eigenvalue weighted by atomic mass is 9.92. The van der Waals surface area contributed by atoms with Gasteiger partial charge in [0.1, 0.15) is 0 Å². The lowest BCUT2D eigenvalue weighted by molar-refractivity contribution is 0.101. The zero-order valence-electron chi connectivity index (χ0n) is 12.4. The second-order valence-corrected chi connectivity index (χ2v) is 6.58. The summed E-state index contributed by atoms with van der Waals surface area (Å²) in [5, 5.41) is 3.57. The van der Waals surface area contributed by atoms with Crippen molar-refractivity contribution in [2.75, 3.05) is 19.7 Å². The predicted molar refractivity (Wildman–Crippen MR) is 88.3 cm³/mol. The van der Waals surface area contributed by atoms with Crippen molar-refractivity contribution < 1.29 is 4.74 Å². The molecular formula is C17H26BrNO. The summed E-state index contributed by atoms with van der Waals surface area (Å²) in [5.74, 6) is 0.586. The van der Waals surface area contributed by atoms with E-state index in [2.05, 4.69) is 52.4 Å². The van der Waals surface area contributed by atoms with Gasteiger partial charge in [-0.15, -0.1) is 0 Å². The smallest absolute Gasteiger partial charge is 0.0576 e. The van der Waals surface area contributed by atoms with E-state index in [0.717, 1.165) is 19.7 Å². The maximum Gasteiger partial charge on any atom is 0.0576 e. The van der Waals surface area contributed by atoms with Gasteiger partial charge in [-0.25, -0.2) is 0 Å². The Morgan fingerprint density at radius 2 is 2.35 bits per heavy atom. The minimum Gasteiger partial charge on any atom is -0.378 e. The molecule has 1 N–H and O–H groups in total. The van der Waals surface area contributed by atoms with Crippen LogP contribution >= 0.6 is 15.9 Å². The summed E-state index contributed by atoms with van der Waals surface area (Å²) >= 11 is 3.58. The van der Waals surface area contributed by atoms with Gasteiger partial charge in [-0.1, -0.05) is 35.0 Å². The first-order valence-corrected chi connectivity index (χ1v) is 8.66. The van der Waals surface area contributed by atoms with Crippen LogP contribution in [0.4, 0.5) is 0 Å². The Morgan fingerprint density at radius 1 is 1.45 bits per heavy atom. The van der Waals surface area contributed by atoms with Crippen LogP contribution < -0.4 is 5.32 Å². The summed E-state index contributed by atoms with van der Waals surface area (Å²) in [6, 6.07) is 8.74. The largest absolute Gasteiger partial charge is 0.378 e. The summed E-state index contributed by atoms with van der Waals surface area (Å²) in [6.07, 6.45) is 6.56. The van der Waals surface area contributed by atoms with Gasteiger partial charge in [0, 0.05) is 17.6 Å². The first-order chi connectivity index (χ1) is 9.79. The molecule has 112 valence electrons. The zero-order chi connectivity index (χ0) is 14.2. The molecular weight excluding hydrogens is 314 g/mol. The lowest BCUT2D eigenvalue weighted by Gasteiger charge is -2.20. The second-order valence-electron chi connectivity index (χ2n) is 5.67. The van der Waals surface area contributed by atoms with Gasteiger partial charge in [0.2, 0.25) is 0 Å². The Labute approximate surface area is 131 Å². The fourth-order valence-electron chi connectivity index (χ4n) is 2.86. The van der Waals surface area contributed by atoms with Crippen molar-refractivity contribution in [3.63, 3.8) is 0 Å². The Balaban J connectivity index is 1.92. The molecule has 20 heavy (non-hydrogen) atoms. The maximum absolute atomic E-state index is 5.76. The molecule has 1 aromatic carbocycles. The fourth-order valence-corrected chi connectivity index (χ4v) is 3.28. The molecule has 2 atom stereocenters. The fraction of sp³-hybridized carbons (Fsp3) is 0.647. The minimum atomic E-state index is 0.496. The van der Waals surface area contributed by atoms with Crippen molar-refractivity contribution in [3.05, 3.63) is 34.3 Å². The summed E-state index contributed by atoms with van der Waals surface area (Å²) in [7, 11) is 0. The molecule has 1 saturated heterocycles. The van der Waals surface area contributed by atoms with Crippen LogP contribution in [0.25, 0.3) is 0 Å². The van der Waals surface area contributed by atoms with Crippen LogP contribution in [0.15, 0.2) is 28.7 Å². The molecule has 0 amide bonds. The molecule has 0 radical (unpaired) electrons. The van der Waals surface area contributed by atoms with Gasteiger partial charge in [0.05, 0.1) is 6.10 Å². The number of hydrogen-bond acceptors (Lipinski definition) is 2. The molecule has 0 spiro atoms. The van der Waals surface area contributed by atoms with Gasteiger partial charge in [0.15, 0.2) is 0 Å². The van der Waals surface area contributed by atoms with E-state index in [1.807, 2.05) is 0 Å². The molecule has 1 aliphatic rings. The SMILES string of the molecule is CCCNCC(CCC1CCCO1)c1cccc(Br)c1. The van der Waals surface area contributed by atoms with Crippen molar-refractivity contribution in [1.82, 2.24) is 5.32 Å². The first-order valence-electron chi connectivity index (χ1n) is 7.87. The lowest BCUT2D eigenvalue weighted by Crippen LogP contribution is -2.23. The molecule has 0 aromatic heterocycles. The van der Waals surface area contributed by atoms with Crippen LogP contribution in [-0.4, -0.2) is 25.8 Å². The molecule has 3 heteroatoms. The third-order valence-corrected chi connectivity index (χ3v) is 4.49. The molecule has 1 heterocycles. The third-order valence-electron chi connectivity index (χ3n) is 4.00. The standard InChI is InChI=1S/C17H26BrNO/c1-2-10-19-13-15(8-9-17-7-4-11-20-17)14-5-3-6-16(18)12-14/h3,5-6,12,15,17,19H,2,4,7-11,13H2,1H3. The molecule has 0 bridgehead atoms. The van der Waals surface area contributed by atoms with Crippen molar-refractivity contribution in [2.45, 2.75) is 51.0 Å². The van der Waals surface area contributed by atoms with Gasteiger partial charge in [-0.3, -0.25) is 0 Å². The van der Waals surface area contributed by atoms with Crippen molar-refractivity contribution in [3.8, 4) is 0 Å². The van der Waals surface area contributed by atoms with Gasteiger partial charge >= 0.3 is 0 Å². The van der Waals surface area contributed by atoms with E-state index in [0.29, 0.717) is 12.0 Å². The average molecular weight is 340 g/mol. The normalized spacial score (nSPS) is 20.2. The molecule has 2 rings (SSSR count). The number of rotatable bonds is 8. The number of halogens is 1. The minimum absolute atomic E-state index is 0.496. The summed E-state index contributed by atoms with van der Waals surface area (Å²) in [5.41, 5.74) is 1.43. The van der Waals surface area contributed by atoms with Crippen molar-refractivity contribution >= 4 is 15.9 Å². The van der Waals surface area contributed by atoms with Crippen molar-refractivity contribution in [1.29, 1.82) is 0 Å². The van der Waals surface area contributed by atoms with Crippen LogP contribution in [0, 0.1) is 0 Å². The van der Waals surface area contributed by atoms with Crippen LogP contribution in [0.5, 0.6) is 0 Å². The number of hydrogen-bond donors (Lipinski definition) is 1. The highest BCUT2D eigenvalue weighted by molar-refractivity contribution is 9.10. The Morgan fingerprint density at radius 3 is 3.05 bits per heavy atom. The topological polar surface area (TPSA) is 21.3 Å². The molecule has 1 aromatic rings. The Hall–Kier alpha value is -0.380. The highest BCUT2D eigenvalue weighted by atomic mass is 79.9. The van der Waals surface area contributed by atoms with Gasteiger partial charge in [0.25, 0.3) is 0 Å². The number of benzene rings is 1. The van der Waals surface area contributed by atoms with E-state index in [1.165, 1.54) is 42.1 Å². The predicted octanol–water partition coefficient (Wildman–Crippen LogP) is 4.49. The monoisotopic (exact) mass is 339 g/mol. The van der Waals surface area contributed by atoms with E-state index >= 15 is 0 Å². The molecule has 1 fully saturated rings. The molecule has 2 nitrogen and oxygen atoms in total. The molecule has 0 saturated carbocycles. The molecule has 2 unspecified atom stereocenters. The van der Waals surface area contributed by atoms with Crippen LogP contribution in [0.3, 0.4) is 0 Å². The Bertz CT molecular complexity index is 390. The average Bonchev–Trinajstić information content (AvgIpc) is 2.96.